The molecule has 0 radical (unpaired) electrons. The summed E-state index contributed by atoms with van der Waals surface area (Å²) in [5.41, 5.74) is 2.59. The third-order valence-corrected chi connectivity index (χ3v) is 5.34. The zero-order valence-electron chi connectivity index (χ0n) is 15.6. The monoisotopic (exact) mass is 381 g/mol. The number of amides is 1. The lowest BCUT2D eigenvalue weighted by molar-refractivity contribution is 0.0951. The number of hydrogen-bond donors (Lipinski definition) is 1. The number of nitrogens with zero attached hydrogens (tertiary/aromatic N) is 2. The van der Waals surface area contributed by atoms with Gasteiger partial charge in [-0.1, -0.05) is 19.1 Å². The van der Waals surface area contributed by atoms with Gasteiger partial charge >= 0.3 is 0 Å². The molecule has 6 heteroatoms. The zero-order valence-corrected chi connectivity index (χ0v) is 16.4. The Bertz CT molecular complexity index is 963. The van der Waals surface area contributed by atoms with E-state index in [1.807, 2.05) is 43.5 Å². The molecule has 0 fully saturated rings. The van der Waals surface area contributed by atoms with Crippen molar-refractivity contribution >= 4 is 17.2 Å². The maximum Gasteiger partial charge on any atom is 0.257 e. The summed E-state index contributed by atoms with van der Waals surface area (Å²) in [4.78, 5) is 30.8. The SMILES string of the molecule is CCc1c(C(=O)NCCc2ccccn2)c(=O)cc(C)n1Cc1cccs1. The Morgan fingerprint density at radius 1 is 1.26 bits per heavy atom. The first-order valence-corrected chi connectivity index (χ1v) is 9.92. The molecule has 0 aliphatic rings. The number of aryl methyl sites for hydroxylation is 1. The number of rotatable bonds is 7. The molecular formula is C21H23N3O2S. The second-order valence-electron chi connectivity index (χ2n) is 6.32. The van der Waals surface area contributed by atoms with E-state index >= 15 is 0 Å². The van der Waals surface area contributed by atoms with Crippen LogP contribution in [0.3, 0.4) is 0 Å². The minimum absolute atomic E-state index is 0.220. The van der Waals surface area contributed by atoms with Gasteiger partial charge in [0.15, 0.2) is 5.43 Å². The summed E-state index contributed by atoms with van der Waals surface area (Å²) in [7, 11) is 0. The molecule has 27 heavy (non-hydrogen) atoms. The lowest BCUT2D eigenvalue weighted by Crippen LogP contribution is -2.33. The molecular weight excluding hydrogens is 358 g/mol. The minimum Gasteiger partial charge on any atom is -0.351 e. The van der Waals surface area contributed by atoms with Gasteiger partial charge in [0.1, 0.15) is 5.56 Å². The Morgan fingerprint density at radius 2 is 2.11 bits per heavy atom. The van der Waals surface area contributed by atoms with Crippen LogP contribution < -0.4 is 10.7 Å². The van der Waals surface area contributed by atoms with Crippen LogP contribution in [-0.4, -0.2) is 22.0 Å². The predicted molar refractivity (Wildman–Crippen MR) is 109 cm³/mol. The summed E-state index contributed by atoms with van der Waals surface area (Å²) in [5, 5.41) is 4.91. The van der Waals surface area contributed by atoms with E-state index in [4.69, 9.17) is 0 Å². The van der Waals surface area contributed by atoms with Crippen LogP contribution in [0.15, 0.2) is 52.8 Å². The highest BCUT2D eigenvalue weighted by atomic mass is 32.1. The number of aromatic nitrogens is 2. The van der Waals surface area contributed by atoms with E-state index in [-0.39, 0.29) is 16.9 Å². The van der Waals surface area contributed by atoms with Crippen molar-refractivity contribution in [2.24, 2.45) is 0 Å². The van der Waals surface area contributed by atoms with Gasteiger partial charge in [-0.05, 0) is 36.9 Å². The molecule has 0 saturated carbocycles. The van der Waals surface area contributed by atoms with Crippen molar-refractivity contribution in [3.05, 3.63) is 85.7 Å². The Balaban J connectivity index is 1.82. The van der Waals surface area contributed by atoms with E-state index in [0.29, 0.717) is 25.9 Å². The van der Waals surface area contributed by atoms with Gasteiger partial charge in [-0.3, -0.25) is 14.6 Å². The van der Waals surface area contributed by atoms with Gasteiger partial charge in [-0.15, -0.1) is 11.3 Å². The first kappa shape index (κ1) is 19.0. The quantitative estimate of drug-likeness (QED) is 0.684. The molecule has 1 N–H and O–H groups in total. The highest BCUT2D eigenvalue weighted by molar-refractivity contribution is 7.09. The van der Waals surface area contributed by atoms with Gasteiger partial charge in [0.05, 0.1) is 6.54 Å². The van der Waals surface area contributed by atoms with E-state index in [2.05, 4.69) is 20.9 Å². The number of hydrogen-bond acceptors (Lipinski definition) is 4. The zero-order chi connectivity index (χ0) is 19.2. The average molecular weight is 382 g/mol. The maximum absolute atomic E-state index is 12.8. The van der Waals surface area contributed by atoms with Gasteiger partial charge in [0, 0.05) is 47.2 Å². The molecule has 0 aromatic carbocycles. The van der Waals surface area contributed by atoms with Crippen LogP contribution in [0.2, 0.25) is 0 Å². The van der Waals surface area contributed by atoms with Crippen molar-refractivity contribution in [3.8, 4) is 0 Å². The lowest BCUT2D eigenvalue weighted by atomic mass is 10.1. The van der Waals surface area contributed by atoms with Crippen LogP contribution in [0.5, 0.6) is 0 Å². The van der Waals surface area contributed by atoms with Crippen molar-refractivity contribution < 1.29 is 4.79 Å². The predicted octanol–water partition coefficient (Wildman–Crippen LogP) is 3.20. The van der Waals surface area contributed by atoms with E-state index < -0.39 is 0 Å². The summed E-state index contributed by atoms with van der Waals surface area (Å²) >= 11 is 1.67. The van der Waals surface area contributed by atoms with Crippen LogP contribution in [0, 0.1) is 6.92 Å². The molecule has 0 bridgehead atoms. The molecule has 3 heterocycles. The third kappa shape index (κ3) is 4.52. The van der Waals surface area contributed by atoms with Gasteiger partial charge in [0.25, 0.3) is 5.91 Å². The molecule has 3 aromatic heterocycles. The Kier molecular flexibility index (Phi) is 6.19. The van der Waals surface area contributed by atoms with Gasteiger partial charge in [-0.25, -0.2) is 0 Å². The Hall–Kier alpha value is -2.73. The first-order chi connectivity index (χ1) is 13.1. The van der Waals surface area contributed by atoms with Gasteiger partial charge in [0.2, 0.25) is 0 Å². The fourth-order valence-electron chi connectivity index (χ4n) is 3.16. The lowest BCUT2D eigenvalue weighted by Gasteiger charge is -2.18. The normalized spacial score (nSPS) is 10.7. The van der Waals surface area contributed by atoms with Crippen molar-refractivity contribution in [1.82, 2.24) is 14.9 Å². The molecule has 3 rings (SSSR count). The largest absolute Gasteiger partial charge is 0.351 e. The Labute approximate surface area is 162 Å². The molecule has 0 spiro atoms. The molecule has 0 aliphatic heterocycles. The van der Waals surface area contributed by atoms with Crippen molar-refractivity contribution in [2.75, 3.05) is 6.54 Å². The molecule has 1 amide bonds. The number of pyridine rings is 2. The summed E-state index contributed by atoms with van der Waals surface area (Å²) in [6, 6.07) is 11.3. The van der Waals surface area contributed by atoms with Gasteiger partial charge in [-0.2, -0.15) is 0 Å². The van der Waals surface area contributed by atoms with E-state index in [1.165, 1.54) is 4.88 Å². The second kappa shape index (κ2) is 8.77. The molecule has 0 aliphatic carbocycles. The summed E-state index contributed by atoms with van der Waals surface area (Å²) in [6.07, 6.45) is 2.98. The fourth-order valence-corrected chi connectivity index (χ4v) is 3.85. The van der Waals surface area contributed by atoms with Crippen molar-refractivity contribution in [3.63, 3.8) is 0 Å². The molecule has 0 saturated heterocycles. The topological polar surface area (TPSA) is 64.0 Å². The van der Waals surface area contributed by atoms with Crippen LogP contribution in [0.25, 0.3) is 0 Å². The minimum atomic E-state index is -0.312. The standard InChI is InChI=1S/C21H23N3O2S/c1-3-18-20(21(26)23-11-9-16-7-4-5-10-22-16)19(25)13-15(2)24(18)14-17-8-6-12-27-17/h4-8,10,12-13H,3,9,11,14H2,1-2H3,(H,23,26). The molecule has 3 aromatic rings. The smallest absolute Gasteiger partial charge is 0.257 e. The maximum atomic E-state index is 12.8. The molecule has 140 valence electrons. The van der Waals surface area contributed by atoms with Crippen molar-refractivity contribution in [1.29, 1.82) is 0 Å². The highest BCUT2D eigenvalue weighted by Crippen LogP contribution is 2.16. The van der Waals surface area contributed by atoms with Crippen molar-refractivity contribution in [2.45, 2.75) is 33.2 Å². The molecule has 0 unspecified atom stereocenters. The number of carbonyl (C=O) groups is 1. The molecule has 0 atom stereocenters. The van der Waals surface area contributed by atoms with Crippen LogP contribution in [-0.2, 0) is 19.4 Å². The van der Waals surface area contributed by atoms with Gasteiger partial charge < -0.3 is 9.88 Å². The van der Waals surface area contributed by atoms with Crippen LogP contribution >= 0.6 is 11.3 Å². The van der Waals surface area contributed by atoms with Crippen LogP contribution in [0.4, 0.5) is 0 Å². The second-order valence-corrected chi connectivity index (χ2v) is 7.35. The fraction of sp³-hybridized carbons (Fsp3) is 0.286. The highest BCUT2D eigenvalue weighted by Gasteiger charge is 2.19. The summed E-state index contributed by atoms with van der Waals surface area (Å²) < 4.78 is 2.07. The first-order valence-electron chi connectivity index (χ1n) is 9.04. The number of thiophene rings is 1. The summed E-state index contributed by atoms with van der Waals surface area (Å²) in [6.45, 7) is 5.00. The Morgan fingerprint density at radius 3 is 2.78 bits per heavy atom. The number of carbonyl (C=O) groups excluding carboxylic acids is 1. The van der Waals surface area contributed by atoms with E-state index in [0.717, 1.165) is 17.1 Å². The van der Waals surface area contributed by atoms with E-state index in [9.17, 15) is 9.59 Å². The third-order valence-electron chi connectivity index (χ3n) is 4.48. The molecule has 5 nitrogen and oxygen atoms in total. The average Bonchev–Trinajstić information content (AvgIpc) is 3.17. The van der Waals surface area contributed by atoms with E-state index in [1.54, 1.807) is 23.6 Å². The van der Waals surface area contributed by atoms with Crippen LogP contribution in [0.1, 0.15) is 39.2 Å². The number of nitrogens with one attached hydrogen (secondary N) is 1. The summed E-state index contributed by atoms with van der Waals surface area (Å²) in [5.74, 6) is -0.312.